The van der Waals surface area contributed by atoms with E-state index in [1.165, 1.54) is 4.90 Å². The van der Waals surface area contributed by atoms with Crippen LogP contribution >= 0.6 is 0 Å². The lowest BCUT2D eigenvalue weighted by Gasteiger charge is -2.35. The van der Waals surface area contributed by atoms with Crippen LogP contribution in [0.5, 0.6) is 0 Å². The van der Waals surface area contributed by atoms with Gasteiger partial charge in [-0.15, -0.1) is 0 Å². The Kier molecular flexibility index (Phi) is 3.75. The van der Waals surface area contributed by atoms with Crippen LogP contribution in [-0.2, 0) is 10.9 Å². The van der Waals surface area contributed by atoms with Gasteiger partial charge in [0.25, 0.3) is 5.69 Å². The largest absolute Gasteiger partial charge is 0.465 e. The molecule has 1 aromatic carbocycles. The number of esters is 1. The van der Waals surface area contributed by atoms with Crippen molar-refractivity contribution in [2.75, 3.05) is 25.1 Å². The van der Waals surface area contributed by atoms with Gasteiger partial charge >= 0.3 is 12.1 Å². The molecule has 114 valence electrons. The van der Waals surface area contributed by atoms with E-state index in [0.29, 0.717) is 19.2 Å². The summed E-state index contributed by atoms with van der Waals surface area (Å²) in [6.45, 7) is 0.809. The number of methoxy groups -OCH3 is 1. The quantitative estimate of drug-likeness (QED) is 0.487. The number of nitro groups is 1. The number of halogens is 3. The summed E-state index contributed by atoms with van der Waals surface area (Å²) in [4.78, 5) is 22.8. The van der Waals surface area contributed by atoms with Gasteiger partial charge in [-0.05, 0) is 12.5 Å². The molecule has 9 heteroatoms. The molecular weight excluding hydrogens is 293 g/mol. The second-order valence-electron chi connectivity index (χ2n) is 4.47. The van der Waals surface area contributed by atoms with E-state index in [2.05, 4.69) is 4.74 Å². The average Bonchev–Trinajstić information content (AvgIpc) is 2.33. The molecule has 1 heterocycles. The van der Waals surface area contributed by atoms with Crippen LogP contribution in [0, 0.1) is 10.1 Å². The molecule has 1 fully saturated rings. The van der Waals surface area contributed by atoms with Gasteiger partial charge in [-0.2, -0.15) is 13.2 Å². The van der Waals surface area contributed by atoms with Crippen molar-refractivity contribution in [1.82, 2.24) is 0 Å². The fraction of sp³-hybridized carbons (Fsp3) is 0.417. The first kappa shape index (κ1) is 15.1. The number of nitrogens with zero attached hydrogens (tertiary/aromatic N) is 2. The van der Waals surface area contributed by atoms with E-state index in [4.69, 9.17) is 0 Å². The van der Waals surface area contributed by atoms with E-state index in [9.17, 15) is 28.1 Å². The topological polar surface area (TPSA) is 72.7 Å². The van der Waals surface area contributed by atoms with Crippen LogP contribution in [0.3, 0.4) is 0 Å². The highest BCUT2D eigenvalue weighted by Gasteiger charge is 2.39. The Labute approximate surface area is 117 Å². The van der Waals surface area contributed by atoms with Crippen LogP contribution in [-0.4, -0.2) is 31.1 Å². The highest BCUT2D eigenvalue weighted by molar-refractivity contribution is 5.95. The summed E-state index contributed by atoms with van der Waals surface area (Å²) >= 11 is 0. The molecule has 0 N–H and O–H groups in total. The summed E-state index contributed by atoms with van der Waals surface area (Å²) in [6.07, 6.45) is -4.02. The summed E-state index contributed by atoms with van der Waals surface area (Å²) in [5.41, 5.74) is -2.77. The van der Waals surface area contributed by atoms with Gasteiger partial charge in [0.15, 0.2) is 0 Å². The molecule has 1 aliphatic rings. The molecule has 0 aliphatic carbocycles. The lowest BCUT2D eigenvalue weighted by Crippen LogP contribution is -2.38. The zero-order chi connectivity index (χ0) is 15.8. The Hall–Kier alpha value is -2.32. The second-order valence-corrected chi connectivity index (χ2v) is 4.47. The van der Waals surface area contributed by atoms with Gasteiger partial charge in [0.05, 0.1) is 23.3 Å². The number of anilines is 1. The normalized spacial score (nSPS) is 14.6. The van der Waals surface area contributed by atoms with Crippen LogP contribution in [0.25, 0.3) is 0 Å². The maximum Gasteiger partial charge on any atom is 0.418 e. The van der Waals surface area contributed by atoms with E-state index in [0.717, 1.165) is 19.6 Å². The van der Waals surface area contributed by atoms with E-state index in [1.54, 1.807) is 0 Å². The number of benzene rings is 1. The van der Waals surface area contributed by atoms with Crippen molar-refractivity contribution in [3.05, 3.63) is 33.4 Å². The third-order valence-electron chi connectivity index (χ3n) is 3.22. The Morgan fingerprint density at radius 2 is 2.00 bits per heavy atom. The highest BCUT2D eigenvalue weighted by atomic mass is 19.4. The van der Waals surface area contributed by atoms with Gasteiger partial charge in [0, 0.05) is 19.2 Å². The highest BCUT2D eigenvalue weighted by Crippen LogP contribution is 2.41. The average molecular weight is 304 g/mol. The summed E-state index contributed by atoms with van der Waals surface area (Å²) in [5.74, 6) is -1.04. The Balaban J connectivity index is 2.67. The molecule has 0 radical (unpaired) electrons. The van der Waals surface area contributed by atoms with Crippen molar-refractivity contribution in [3.8, 4) is 0 Å². The standard InChI is InChI=1S/C12H11F3N2O4/c1-21-11(18)7-5-10(16-3-2-4-16)8(12(13,14)15)6-9(7)17(19)20/h5-6H,2-4H2,1H3. The third kappa shape index (κ3) is 2.76. The summed E-state index contributed by atoms with van der Waals surface area (Å²) in [7, 11) is 1.01. The van der Waals surface area contributed by atoms with E-state index in [-0.39, 0.29) is 5.69 Å². The van der Waals surface area contributed by atoms with Gasteiger partial charge < -0.3 is 9.64 Å². The molecule has 0 spiro atoms. The first-order valence-corrected chi connectivity index (χ1v) is 5.98. The van der Waals surface area contributed by atoms with Crippen LogP contribution in [0.1, 0.15) is 22.3 Å². The summed E-state index contributed by atoms with van der Waals surface area (Å²) in [6, 6.07) is 1.27. The van der Waals surface area contributed by atoms with Gasteiger partial charge in [-0.25, -0.2) is 4.79 Å². The molecule has 1 saturated heterocycles. The van der Waals surface area contributed by atoms with Gasteiger partial charge in [0.1, 0.15) is 5.56 Å². The number of carbonyl (C=O) groups is 1. The molecule has 1 aromatic rings. The molecule has 0 amide bonds. The van der Waals surface area contributed by atoms with Gasteiger partial charge in [-0.3, -0.25) is 10.1 Å². The van der Waals surface area contributed by atoms with Crippen LogP contribution in [0.4, 0.5) is 24.5 Å². The Bertz CT molecular complexity index is 597. The zero-order valence-electron chi connectivity index (χ0n) is 10.9. The first-order chi connectivity index (χ1) is 9.75. The minimum Gasteiger partial charge on any atom is -0.465 e. The molecule has 21 heavy (non-hydrogen) atoms. The number of ether oxygens (including phenoxy) is 1. The summed E-state index contributed by atoms with van der Waals surface area (Å²) < 4.78 is 43.6. The molecule has 0 unspecified atom stereocenters. The molecular formula is C12H11F3N2O4. The number of nitro benzene ring substituents is 1. The van der Waals surface area contributed by atoms with E-state index in [1.807, 2.05) is 0 Å². The number of rotatable bonds is 3. The van der Waals surface area contributed by atoms with Crippen LogP contribution in [0.2, 0.25) is 0 Å². The number of alkyl halides is 3. The minimum atomic E-state index is -4.75. The predicted molar refractivity (Wildman–Crippen MR) is 66.3 cm³/mol. The molecule has 0 aromatic heterocycles. The molecule has 1 aliphatic heterocycles. The number of carbonyl (C=O) groups excluding carboxylic acids is 1. The Morgan fingerprint density at radius 3 is 2.38 bits per heavy atom. The molecule has 0 bridgehead atoms. The van der Waals surface area contributed by atoms with Crippen molar-refractivity contribution >= 4 is 17.3 Å². The van der Waals surface area contributed by atoms with Gasteiger partial charge in [-0.1, -0.05) is 0 Å². The van der Waals surface area contributed by atoms with E-state index < -0.39 is 33.9 Å². The molecule has 0 atom stereocenters. The summed E-state index contributed by atoms with van der Waals surface area (Å²) in [5, 5.41) is 10.9. The van der Waals surface area contributed by atoms with Crippen molar-refractivity contribution in [2.45, 2.75) is 12.6 Å². The van der Waals surface area contributed by atoms with E-state index >= 15 is 0 Å². The Morgan fingerprint density at radius 1 is 1.38 bits per heavy atom. The number of hydrogen-bond donors (Lipinski definition) is 0. The first-order valence-electron chi connectivity index (χ1n) is 5.98. The monoisotopic (exact) mass is 304 g/mol. The molecule has 6 nitrogen and oxygen atoms in total. The second kappa shape index (κ2) is 5.23. The number of hydrogen-bond acceptors (Lipinski definition) is 5. The lowest BCUT2D eigenvalue weighted by molar-refractivity contribution is -0.385. The predicted octanol–water partition coefficient (Wildman–Crippen LogP) is 2.61. The van der Waals surface area contributed by atoms with Crippen molar-refractivity contribution in [2.24, 2.45) is 0 Å². The van der Waals surface area contributed by atoms with Crippen molar-refractivity contribution in [3.63, 3.8) is 0 Å². The molecule has 0 saturated carbocycles. The van der Waals surface area contributed by atoms with Crippen molar-refractivity contribution in [1.29, 1.82) is 0 Å². The van der Waals surface area contributed by atoms with Gasteiger partial charge in [0.2, 0.25) is 0 Å². The fourth-order valence-corrected chi connectivity index (χ4v) is 2.05. The van der Waals surface area contributed by atoms with Crippen LogP contribution in [0.15, 0.2) is 12.1 Å². The third-order valence-corrected chi connectivity index (χ3v) is 3.22. The minimum absolute atomic E-state index is 0.236. The lowest BCUT2D eigenvalue weighted by atomic mass is 10.0. The van der Waals surface area contributed by atoms with Crippen LogP contribution < -0.4 is 4.90 Å². The fourth-order valence-electron chi connectivity index (χ4n) is 2.05. The maximum atomic E-state index is 13.1. The smallest absolute Gasteiger partial charge is 0.418 e. The molecule has 2 rings (SSSR count). The van der Waals surface area contributed by atoms with Crippen molar-refractivity contribution < 1.29 is 27.6 Å². The SMILES string of the molecule is COC(=O)c1cc(N2CCC2)c(C(F)(F)F)cc1[N+](=O)[O-]. The maximum absolute atomic E-state index is 13.1. The zero-order valence-corrected chi connectivity index (χ0v) is 10.9.